The molecule has 2 amide bonds. The molecule has 1 saturated heterocycles. The molecule has 1 heterocycles. The average molecular weight is 394 g/mol. The van der Waals surface area contributed by atoms with Gasteiger partial charge in [0.2, 0.25) is 5.91 Å². The molecular formula is C23H26N2O4. The van der Waals surface area contributed by atoms with E-state index in [1.807, 2.05) is 36.4 Å². The number of hydrogen-bond donors (Lipinski definition) is 2. The second kappa shape index (κ2) is 9.09. The molecule has 1 saturated carbocycles. The van der Waals surface area contributed by atoms with E-state index >= 15 is 0 Å². The molecule has 29 heavy (non-hydrogen) atoms. The third-order valence-electron chi connectivity index (χ3n) is 5.18. The molecule has 0 aromatic heterocycles. The summed E-state index contributed by atoms with van der Waals surface area (Å²) in [6, 6.07) is 14.8. The Kier molecular flexibility index (Phi) is 6.10. The van der Waals surface area contributed by atoms with Gasteiger partial charge in [0.05, 0.1) is 11.7 Å². The summed E-state index contributed by atoms with van der Waals surface area (Å²) in [5.41, 5.74) is 2.18. The second-order valence-electron chi connectivity index (χ2n) is 7.59. The maximum atomic E-state index is 12.7. The summed E-state index contributed by atoms with van der Waals surface area (Å²) in [5.74, 6) is 0.597. The Morgan fingerprint density at radius 1 is 1.07 bits per heavy atom. The van der Waals surface area contributed by atoms with E-state index in [0.29, 0.717) is 24.5 Å². The fourth-order valence-corrected chi connectivity index (χ4v) is 3.37. The van der Waals surface area contributed by atoms with Crippen molar-refractivity contribution in [2.24, 2.45) is 5.92 Å². The lowest BCUT2D eigenvalue weighted by Crippen LogP contribution is -2.24. The monoisotopic (exact) mass is 394 g/mol. The number of benzene rings is 2. The first-order chi connectivity index (χ1) is 14.2. The largest absolute Gasteiger partial charge is 0.490 e. The molecule has 0 bridgehead atoms. The number of anilines is 1. The van der Waals surface area contributed by atoms with Crippen molar-refractivity contribution in [1.82, 2.24) is 5.32 Å². The van der Waals surface area contributed by atoms with Crippen LogP contribution < -0.4 is 15.4 Å². The quantitative estimate of drug-likeness (QED) is 0.718. The highest BCUT2D eigenvalue weighted by Crippen LogP contribution is 2.30. The van der Waals surface area contributed by atoms with Crippen LogP contribution in [0.2, 0.25) is 0 Å². The highest BCUT2D eigenvalue weighted by atomic mass is 16.5. The van der Waals surface area contributed by atoms with Crippen LogP contribution >= 0.6 is 0 Å². The van der Waals surface area contributed by atoms with Crippen LogP contribution in [0.3, 0.4) is 0 Å². The zero-order valence-electron chi connectivity index (χ0n) is 16.4. The summed E-state index contributed by atoms with van der Waals surface area (Å²) < 4.78 is 11.4. The highest BCUT2D eigenvalue weighted by Gasteiger charge is 2.29. The van der Waals surface area contributed by atoms with E-state index in [2.05, 4.69) is 10.6 Å². The predicted octanol–water partition coefficient (Wildman–Crippen LogP) is 3.52. The van der Waals surface area contributed by atoms with E-state index in [4.69, 9.17) is 9.47 Å². The van der Waals surface area contributed by atoms with E-state index in [-0.39, 0.29) is 23.8 Å². The van der Waals surface area contributed by atoms with Gasteiger partial charge in [-0.05, 0) is 55.5 Å². The summed E-state index contributed by atoms with van der Waals surface area (Å²) in [6.45, 7) is 1.59. The smallest absolute Gasteiger partial charge is 0.255 e. The molecule has 2 fully saturated rings. The molecule has 2 N–H and O–H groups in total. The van der Waals surface area contributed by atoms with Crippen LogP contribution in [0.1, 0.15) is 41.6 Å². The van der Waals surface area contributed by atoms with Gasteiger partial charge >= 0.3 is 0 Å². The molecule has 6 nitrogen and oxygen atoms in total. The average Bonchev–Trinajstić information content (AvgIpc) is 3.47. The number of ether oxygens (including phenoxy) is 2. The topological polar surface area (TPSA) is 76.7 Å². The van der Waals surface area contributed by atoms with Gasteiger partial charge in [-0.2, -0.15) is 0 Å². The third kappa shape index (κ3) is 5.35. The van der Waals surface area contributed by atoms with E-state index < -0.39 is 0 Å². The predicted molar refractivity (Wildman–Crippen MR) is 110 cm³/mol. The van der Waals surface area contributed by atoms with Crippen LogP contribution in [0.15, 0.2) is 48.5 Å². The van der Waals surface area contributed by atoms with Gasteiger partial charge < -0.3 is 20.1 Å². The van der Waals surface area contributed by atoms with Crippen LogP contribution in [0.5, 0.6) is 5.75 Å². The number of nitrogens with one attached hydrogen (secondary N) is 2. The van der Waals surface area contributed by atoms with E-state index in [1.54, 1.807) is 12.1 Å². The van der Waals surface area contributed by atoms with Crippen LogP contribution in [0, 0.1) is 5.92 Å². The molecule has 1 aliphatic heterocycles. The Balaban J connectivity index is 1.34. The van der Waals surface area contributed by atoms with Gasteiger partial charge in [0, 0.05) is 24.8 Å². The third-order valence-corrected chi connectivity index (χ3v) is 5.18. The van der Waals surface area contributed by atoms with Crippen molar-refractivity contribution in [2.45, 2.75) is 38.3 Å². The summed E-state index contributed by atoms with van der Waals surface area (Å²) in [4.78, 5) is 24.6. The molecule has 2 aliphatic rings. The van der Waals surface area contributed by atoms with Crippen LogP contribution in [-0.2, 0) is 16.1 Å². The Bertz CT molecular complexity index is 873. The van der Waals surface area contributed by atoms with Crippen molar-refractivity contribution in [2.75, 3.05) is 18.5 Å². The SMILES string of the molecule is O=C(NCc1cccc(NC(=O)C2CC2)c1)c1ccccc1OCC1CCCO1. The minimum absolute atomic E-state index is 0.0727. The molecule has 4 rings (SSSR count). The number of amides is 2. The second-order valence-corrected chi connectivity index (χ2v) is 7.59. The van der Waals surface area contributed by atoms with Gasteiger partial charge in [0.1, 0.15) is 12.4 Å². The Morgan fingerprint density at radius 3 is 2.72 bits per heavy atom. The van der Waals surface area contributed by atoms with Crippen molar-refractivity contribution in [3.8, 4) is 5.75 Å². The molecule has 1 unspecified atom stereocenters. The number of hydrogen-bond acceptors (Lipinski definition) is 4. The Morgan fingerprint density at radius 2 is 1.93 bits per heavy atom. The van der Waals surface area contributed by atoms with Crippen molar-refractivity contribution < 1.29 is 19.1 Å². The summed E-state index contributed by atoms with van der Waals surface area (Å²) in [5, 5.41) is 5.87. The number of rotatable bonds is 8. The first-order valence-electron chi connectivity index (χ1n) is 10.2. The minimum Gasteiger partial charge on any atom is -0.490 e. The van der Waals surface area contributed by atoms with Gasteiger partial charge in [-0.3, -0.25) is 9.59 Å². The standard InChI is InChI=1S/C23H26N2O4/c26-22(17-10-11-17)25-18-6-3-5-16(13-18)14-24-23(27)20-8-1-2-9-21(20)29-15-19-7-4-12-28-19/h1-3,5-6,8-9,13,17,19H,4,7,10-12,14-15H2,(H,24,27)(H,25,26). The fraction of sp³-hybridized carbons (Fsp3) is 0.391. The molecule has 1 aliphatic carbocycles. The van der Waals surface area contributed by atoms with Crippen molar-refractivity contribution >= 4 is 17.5 Å². The molecule has 6 heteroatoms. The maximum Gasteiger partial charge on any atom is 0.255 e. The number of carbonyl (C=O) groups excluding carboxylic acids is 2. The summed E-state index contributed by atoms with van der Waals surface area (Å²) in [7, 11) is 0. The van der Waals surface area contributed by atoms with Gasteiger partial charge in [-0.1, -0.05) is 24.3 Å². The van der Waals surface area contributed by atoms with Gasteiger partial charge in [0.25, 0.3) is 5.91 Å². The summed E-state index contributed by atoms with van der Waals surface area (Å²) >= 11 is 0. The molecular weight excluding hydrogens is 368 g/mol. The highest BCUT2D eigenvalue weighted by molar-refractivity contribution is 5.97. The van der Waals surface area contributed by atoms with Gasteiger partial charge in [-0.15, -0.1) is 0 Å². The lowest BCUT2D eigenvalue weighted by molar-refractivity contribution is -0.117. The molecule has 2 aromatic rings. The lowest BCUT2D eigenvalue weighted by Gasteiger charge is -2.14. The van der Waals surface area contributed by atoms with E-state index in [9.17, 15) is 9.59 Å². The van der Waals surface area contributed by atoms with Crippen molar-refractivity contribution in [1.29, 1.82) is 0 Å². The first-order valence-corrected chi connectivity index (χ1v) is 10.2. The zero-order valence-corrected chi connectivity index (χ0v) is 16.4. The van der Waals surface area contributed by atoms with Crippen LogP contribution in [-0.4, -0.2) is 31.1 Å². The van der Waals surface area contributed by atoms with Gasteiger partial charge in [-0.25, -0.2) is 0 Å². The van der Waals surface area contributed by atoms with Gasteiger partial charge in [0.15, 0.2) is 0 Å². The Hall–Kier alpha value is -2.86. The van der Waals surface area contributed by atoms with Crippen LogP contribution in [0.25, 0.3) is 0 Å². The molecule has 0 radical (unpaired) electrons. The lowest BCUT2D eigenvalue weighted by atomic mass is 10.1. The molecule has 152 valence electrons. The first kappa shape index (κ1) is 19.5. The van der Waals surface area contributed by atoms with E-state index in [1.165, 1.54) is 0 Å². The molecule has 0 spiro atoms. The maximum absolute atomic E-state index is 12.7. The zero-order chi connectivity index (χ0) is 20.1. The summed E-state index contributed by atoms with van der Waals surface area (Å²) in [6.07, 6.45) is 4.07. The normalized spacial score (nSPS) is 18.3. The van der Waals surface area contributed by atoms with Crippen LogP contribution in [0.4, 0.5) is 5.69 Å². The molecule has 2 aromatic carbocycles. The number of carbonyl (C=O) groups is 2. The number of para-hydroxylation sites is 1. The van der Waals surface area contributed by atoms with Crippen molar-refractivity contribution in [3.05, 3.63) is 59.7 Å². The Labute approximate surface area is 170 Å². The van der Waals surface area contributed by atoms with Crippen molar-refractivity contribution in [3.63, 3.8) is 0 Å². The fourth-order valence-electron chi connectivity index (χ4n) is 3.37. The molecule has 1 atom stereocenters. The minimum atomic E-state index is -0.194. The van der Waals surface area contributed by atoms with E-state index in [0.717, 1.165) is 43.5 Å².